The Kier molecular flexibility index (Phi) is 7.83. The summed E-state index contributed by atoms with van der Waals surface area (Å²) in [7, 11) is 0. The molecule has 2 aliphatic rings. The van der Waals surface area contributed by atoms with E-state index in [1.165, 1.54) is 11.8 Å². The molecule has 2 heterocycles. The van der Waals surface area contributed by atoms with E-state index in [4.69, 9.17) is 14.2 Å². The monoisotopic (exact) mass is 495 g/mol. The summed E-state index contributed by atoms with van der Waals surface area (Å²) in [5.74, 6) is -0.955. The molecule has 2 aromatic rings. The smallest absolute Gasteiger partial charge is 0.336 e. The molecule has 0 spiro atoms. The van der Waals surface area contributed by atoms with Crippen LogP contribution in [0, 0.1) is 0 Å². The van der Waals surface area contributed by atoms with E-state index in [1.54, 1.807) is 35.6 Å². The van der Waals surface area contributed by atoms with Gasteiger partial charge in [0.15, 0.2) is 5.78 Å². The van der Waals surface area contributed by atoms with E-state index in [-0.39, 0.29) is 18.3 Å². The minimum atomic E-state index is -0.575. The summed E-state index contributed by atoms with van der Waals surface area (Å²) < 4.78 is 16.0. The first-order valence-corrected chi connectivity index (χ1v) is 12.6. The fourth-order valence-corrected chi connectivity index (χ4v) is 5.51. The maximum atomic E-state index is 13.5. The first-order valence-electron chi connectivity index (χ1n) is 11.7. The Labute approximate surface area is 208 Å². The number of ether oxygens (including phenoxy) is 3. The Morgan fingerprint density at radius 2 is 1.89 bits per heavy atom. The van der Waals surface area contributed by atoms with Crippen molar-refractivity contribution in [1.82, 2.24) is 5.32 Å². The predicted molar refractivity (Wildman–Crippen MR) is 132 cm³/mol. The van der Waals surface area contributed by atoms with Gasteiger partial charge in [-0.1, -0.05) is 18.2 Å². The molecule has 0 unspecified atom stereocenters. The number of dihydropyridines is 1. The van der Waals surface area contributed by atoms with E-state index < -0.39 is 17.9 Å². The number of Topliss-reactive ketones (excluding diaryl/α,β-unsaturated/α-hetero) is 1. The third-order valence-corrected chi connectivity index (χ3v) is 7.17. The molecule has 1 aliphatic carbocycles. The Balaban J connectivity index is 1.70. The largest absolute Gasteiger partial charge is 0.460 e. The molecule has 1 aromatic carbocycles. The fourth-order valence-electron chi connectivity index (χ4n) is 4.68. The van der Waals surface area contributed by atoms with Gasteiger partial charge in [0, 0.05) is 53.6 Å². The minimum absolute atomic E-state index is 0.0123. The van der Waals surface area contributed by atoms with Crippen molar-refractivity contribution in [3.05, 3.63) is 74.8 Å². The molecule has 1 N–H and O–H groups in total. The van der Waals surface area contributed by atoms with Crippen LogP contribution < -0.4 is 10.1 Å². The number of thiophene rings is 1. The summed E-state index contributed by atoms with van der Waals surface area (Å²) >= 11 is 1.65. The average molecular weight is 496 g/mol. The van der Waals surface area contributed by atoms with Gasteiger partial charge in [-0.3, -0.25) is 9.59 Å². The van der Waals surface area contributed by atoms with Gasteiger partial charge in [0.2, 0.25) is 0 Å². The fraction of sp³-hybridized carbons (Fsp3) is 0.370. The average Bonchev–Trinajstić information content (AvgIpc) is 3.36. The lowest BCUT2D eigenvalue weighted by atomic mass is 9.72. The van der Waals surface area contributed by atoms with Gasteiger partial charge >= 0.3 is 11.9 Å². The standard InChI is InChI=1S/C27H29NO6S/c1-4-32-11-12-33-27(31)24-16(2)28-21-14-19(23-6-5-13-35-23)15-22(30)26(21)25(24)18-7-9-20(10-8-18)34-17(3)29/h5-10,13,19,25,28H,4,11-12,14-15H2,1-3H3/t19-,25-/m1/s1. The molecule has 2 atom stereocenters. The van der Waals surface area contributed by atoms with Crippen LogP contribution in [0.2, 0.25) is 0 Å². The second kappa shape index (κ2) is 11.0. The van der Waals surface area contributed by atoms with Gasteiger partial charge in [0.1, 0.15) is 12.4 Å². The maximum absolute atomic E-state index is 13.5. The van der Waals surface area contributed by atoms with Crippen LogP contribution >= 0.6 is 11.3 Å². The van der Waals surface area contributed by atoms with Crippen LogP contribution in [0.1, 0.15) is 55.9 Å². The molecule has 1 aromatic heterocycles. The van der Waals surface area contributed by atoms with E-state index in [9.17, 15) is 14.4 Å². The Bertz CT molecular complexity index is 1160. The van der Waals surface area contributed by atoms with Crippen LogP contribution in [0.25, 0.3) is 0 Å². The van der Waals surface area contributed by atoms with Gasteiger partial charge in [-0.15, -0.1) is 11.3 Å². The number of esters is 2. The molecule has 35 heavy (non-hydrogen) atoms. The van der Waals surface area contributed by atoms with E-state index in [1.807, 2.05) is 25.3 Å². The van der Waals surface area contributed by atoms with E-state index in [2.05, 4.69) is 11.4 Å². The van der Waals surface area contributed by atoms with Crippen molar-refractivity contribution < 1.29 is 28.6 Å². The first-order chi connectivity index (χ1) is 16.9. The quantitative estimate of drug-likeness (QED) is 0.325. The minimum Gasteiger partial charge on any atom is -0.460 e. The third kappa shape index (κ3) is 5.55. The highest BCUT2D eigenvalue weighted by molar-refractivity contribution is 7.10. The first kappa shape index (κ1) is 24.9. The highest BCUT2D eigenvalue weighted by Crippen LogP contribution is 2.46. The van der Waals surface area contributed by atoms with Gasteiger partial charge in [-0.05, 0) is 49.4 Å². The number of hydrogen-bond donors (Lipinski definition) is 1. The zero-order valence-corrected chi connectivity index (χ0v) is 20.9. The van der Waals surface area contributed by atoms with Crippen LogP contribution in [0.5, 0.6) is 5.75 Å². The number of carbonyl (C=O) groups excluding carboxylic acids is 3. The molecule has 8 heteroatoms. The molecule has 0 radical (unpaired) electrons. The van der Waals surface area contributed by atoms with Crippen LogP contribution in [-0.4, -0.2) is 37.5 Å². The molecule has 1 aliphatic heterocycles. The summed E-state index contributed by atoms with van der Waals surface area (Å²) in [6.07, 6.45) is 1.07. The molecule has 184 valence electrons. The van der Waals surface area contributed by atoms with Crippen LogP contribution in [0.15, 0.2) is 64.3 Å². The highest BCUT2D eigenvalue weighted by atomic mass is 32.1. The Morgan fingerprint density at radius 3 is 2.54 bits per heavy atom. The SMILES string of the molecule is CCOCCOC(=O)C1=C(C)NC2=C(C(=O)C[C@H](c3cccs3)C2)[C@@H]1c1ccc(OC(C)=O)cc1. The normalized spacial score (nSPS) is 19.8. The van der Waals surface area contributed by atoms with Crippen molar-refractivity contribution in [2.75, 3.05) is 19.8 Å². The van der Waals surface area contributed by atoms with Gasteiger partial charge in [-0.2, -0.15) is 0 Å². The zero-order valence-electron chi connectivity index (χ0n) is 20.1. The van der Waals surface area contributed by atoms with Crippen LogP contribution in [0.3, 0.4) is 0 Å². The lowest BCUT2D eigenvalue weighted by Crippen LogP contribution is -2.36. The molecule has 4 rings (SSSR count). The summed E-state index contributed by atoms with van der Waals surface area (Å²) in [5, 5.41) is 5.37. The summed E-state index contributed by atoms with van der Waals surface area (Å²) in [6.45, 7) is 6.02. The predicted octanol–water partition coefficient (Wildman–Crippen LogP) is 4.61. The topological polar surface area (TPSA) is 90.9 Å². The molecule has 0 fully saturated rings. The highest BCUT2D eigenvalue weighted by Gasteiger charge is 2.41. The summed E-state index contributed by atoms with van der Waals surface area (Å²) in [4.78, 5) is 39.3. The second-order valence-electron chi connectivity index (χ2n) is 8.53. The summed E-state index contributed by atoms with van der Waals surface area (Å²) in [5.41, 5.74) is 3.27. The van der Waals surface area contributed by atoms with Crippen LogP contribution in [-0.2, 0) is 23.9 Å². The molecule has 0 saturated heterocycles. The Morgan fingerprint density at radius 1 is 1.11 bits per heavy atom. The van der Waals surface area contributed by atoms with Gasteiger partial charge in [0.05, 0.1) is 12.2 Å². The number of nitrogens with one attached hydrogen (secondary N) is 1. The lowest BCUT2D eigenvalue weighted by Gasteiger charge is -2.36. The van der Waals surface area contributed by atoms with Gasteiger partial charge < -0.3 is 19.5 Å². The lowest BCUT2D eigenvalue weighted by molar-refractivity contribution is -0.141. The van der Waals surface area contributed by atoms with Crippen molar-refractivity contribution in [3.8, 4) is 5.75 Å². The Hall–Kier alpha value is -3.23. The third-order valence-electron chi connectivity index (χ3n) is 6.13. The number of allylic oxidation sites excluding steroid dienone is 3. The van der Waals surface area contributed by atoms with Crippen molar-refractivity contribution in [3.63, 3.8) is 0 Å². The molecule has 0 saturated carbocycles. The van der Waals surface area contributed by atoms with Crippen molar-refractivity contribution in [1.29, 1.82) is 0 Å². The number of benzene rings is 1. The van der Waals surface area contributed by atoms with E-state index in [0.717, 1.165) is 11.3 Å². The zero-order chi connectivity index (χ0) is 24.9. The van der Waals surface area contributed by atoms with Gasteiger partial charge in [0.25, 0.3) is 0 Å². The van der Waals surface area contributed by atoms with Crippen LogP contribution in [0.4, 0.5) is 0 Å². The molecule has 0 amide bonds. The second-order valence-corrected chi connectivity index (χ2v) is 9.51. The molecular weight excluding hydrogens is 466 g/mol. The van der Waals surface area contributed by atoms with Gasteiger partial charge in [-0.25, -0.2) is 4.79 Å². The van der Waals surface area contributed by atoms with Crippen molar-refractivity contribution in [2.24, 2.45) is 0 Å². The van der Waals surface area contributed by atoms with Crippen molar-refractivity contribution >= 4 is 29.1 Å². The van der Waals surface area contributed by atoms with E-state index >= 15 is 0 Å². The summed E-state index contributed by atoms with van der Waals surface area (Å²) in [6, 6.07) is 11.0. The maximum Gasteiger partial charge on any atom is 0.336 e. The van der Waals surface area contributed by atoms with E-state index in [0.29, 0.717) is 48.6 Å². The van der Waals surface area contributed by atoms with Crippen molar-refractivity contribution in [2.45, 2.75) is 45.4 Å². The number of ketones is 1. The number of carbonyl (C=O) groups is 3. The number of rotatable bonds is 8. The molecular formula is C27H29NO6S. The number of hydrogen-bond acceptors (Lipinski definition) is 8. The molecule has 7 nitrogen and oxygen atoms in total. The molecule has 0 bridgehead atoms.